The van der Waals surface area contributed by atoms with Crippen LogP contribution >= 0.6 is 11.6 Å². The first kappa shape index (κ1) is 15.1. The molecule has 2 aromatic rings. The number of benzene rings is 1. The summed E-state index contributed by atoms with van der Waals surface area (Å²) in [5.41, 5.74) is 3.70. The van der Waals surface area contributed by atoms with E-state index >= 15 is 0 Å². The number of rotatable bonds is 2. The van der Waals surface area contributed by atoms with Gasteiger partial charge in [-0.15, -0.1) is 0 Å². The average Bonchev–Trinajstić information content (AvgIpc) is 2.72. The van der Waals surface area contributed by atoms with Crippen LogP contribution in [0.3, 0.4) is 0 Å². The van der Waals surface area contributed by atoms with Crippen molar-refractivity contribution in [1.82, 2.24) is 10.2 Å². The van der Waals surface area contributed by atoms with E-state index in [1.165, 1.54) is 0 Å². The molecule has 4 nitrogen and oxygen atoms in total. The van der Waals surface area contributed by atoms with Gasteiger partial charge in [-0.1, -0.05) is 11.6 Å². The SMILES string of the molecule is CNC(=O)/C(C)=C/c1oc2ccc(Cl)c3c2c1CN(C)CC3. The summed E-state index contributed by atoms with van der Waals surface area (Å²) in [7, 11) is 3.71. The number of hydrogen-bond acceptors (Lipinski definition) is 3. The van der Waals surface area contributed by atoms with Gasteiger partial charge in [-0.3, -0.25) is 4.79 Å². The van der Waals surface area contributed by atoms with Crippen molar-refractivity contribution in [3.05, 3.63) is 39.6 Å². The van der Waals surface area contributed by atoms with Gasteiger partial charge in [-0.25, -0.2) is 0 Å². The molecule has 0 saturated carbocycles. The van der Waals surface area contributed by atoms with Gasteiger partial charge in [-0.2, -0.15) is 0 Å². The summed E-state index contributed by atoms with van der Waals surface area (Å²) < 4.78 is 5.99. The molecule has 116 valence electrons. The summed E-state index contributed by atoms with van der Waals surface area (Å²) in [6.45, 7) is 3.52. The molecular weight excluding hydrogens is 300 g/mol. The molecule has 0 bridgehead atoms. The van der Waals surface area contributed by atoms with Crippen LogP contribution in [0.25, 0.3) is 17.0 Å². The van der Waals surface area contributed by atoms with Crippen molar-refractivity contribution >= 4 is 34.6 Å². The van der Waals surface area contributed by atoms with Gasteiger partial charge in [0.1, 0.15) is 11.3 Å². The summed E-state index contributed by atoms with van der Waals surface area (Å²) in [6, 6.07) is 3.79. The number of nitrogens with zero attached hydrogens (tertiary/aromatic N) is 1. The molecule has 1 N–H and O–H groups in total. The fourth-order valence-electron chi connectivity index (χ4n) is 2.95. The normalized spacial score (nSPS) is 15.9. The van der Waals surface area contributed by atoms with Crippen LogP contribution in [0.2, 0.25) is 5.02 Å². The van der Waals surface area contributed by atoms with Gasteiger partial charge in [0.2, 0.25) is 5.91 Å². The van der Waals surface area contributed by atoms with Crippen molar-refractivity contribution in [2.24, 2.45) is 0 Å². The van der Waals surface area contributed by atoms with Crippen LogP contribution in [0.5, 0.6) is 0 Å². The molecule has 0 unspecified atom stereocenters. The molecule has 0 saturated heterocycles. The largest absolute Gasteiger partial charge is 0.456 e. The Labute approximate surface area is 134 Å². The molecule has 22 heavy (non-hydrogen) atoms. The second kappa shape index (κ2) is 5.78. The van der Waals surface area contributed by atoms with E-state index in [1.54, 1.807) is 14.0 Å². The van der Waals surface area contributed by atoms with E-state index in [9.17, 15) is 4.79 Å². The van der Waals surface area contributed by atoms with Crippen LogP contribution in [-0.4, -0.2) is 31.4 Å². The maximum absolute atomic E-state index is 11.7. The van der Waals surface area contributed by atoms with Crippen molar-refractivity contribution in [3.63, 3.8) is 0 Å². The lowest BCUT2D eigenvalue weighted by molar-refractivity contribution is -0.116. The lowest BCUT2D eigenvalue weighted by atomic mass is 10.0. The molecule has 5 heteroatoms. The highest BCUT2D eigenvalue weighted by molar-refractivity contribution is 6.32. The molecule has 1 aromatic carbocycles. The predicted molar refractivity (Wildman–Crippen MR) is 89.0 cm³/mol. The Morgan fingerprint density at radius 1 is 1.41 bits per heavy atom. The minimum Gasteiger partial charge on any atom is -0.456 e. The van der Waals surface area contributed by atoms with Crippen LogP contribution in [0.1, 0.15) is 23.8 Å². The highest BCUT2D eigenvalue weighted by atomic mass is 35.5. The third-order valence-corrected chi connectivity index (χ3v) is 4.50. The average molecular weight is 319 g/mol. The predicted octanol–water partition coefficient (Wildman–Crippen LogP) is 3.22. The Kier molecular flexibility index (Phi) is 3.98. The zero-order valence-corrected chi connectivity index (χ0v) is 13.8. The van der Waals surface area contributed by atoms with Crippen molar-refractivity contribution in [3.8, 4) is 0 Å². The topological polar surface area (TPSA) is 45.5 Å². The smallest absolute Gasteiger partial charge is 0.246 e. The van der Waals surface area contributed by atoms with Gasteiger partial charge < -0.3 is 14.6 Å². The Morgan fingerprint density at radius 3 is 2.91 bits per heavy atom. The number of hydrogen-bond donors (Lipinski definition) is 1. The number of halogens is 1. The highest BCUT2D eigenvalue weighted by Crippen LogP contribution is 2.36. The lowest BCUT2D eigenvalue weighted by Gasteiger charge is -2.13. The van der Waals surface area contributed by atoms with Crippen molar-refractivity contribution in [1.29, 1.82) is 0 Å². The summed E-state index contributed by atoms with van der Waals surface area (Å²) in [5.74, 6) is 0.640. The quantitative estimate of drug-likeness (QED) is 0.865. The van der Waals surface area contributed by atoms with Crippen LogP contribution in [0, 0.1) is 0 Å². The van der Waals surface area contributed by atoms with Crippen LogP contribution in [0.15, 0.2) is 22.1 Å². The second-order valence-corrected chi connectivity index (χ2v) is 6.15. The molecule has 3 rings (SSSR count). The zero-order valence-electron chi connectivity index (χ0n) is 13.0. The van der Waals surface area contributed by atoms with E-state index in [2.05, 4.69) is 17.3 Å². The number of furan rings is 1. The van der Waals surface area contributed by atoms with Crippen LogP contribution < -0.4 is 5.32 Å². The Hall–Kier alpha value is -1.78. The highest BCUT2D eigenvalue weighted by Gasteiger charge is 2.22. The van der Waals surface area contributed by atoms with Gasteiger partial charge in [-0.05, 0) is 44.2 Å². The minimum atomic E-state index is -0.104. The molecule has 2 heterocycles. The first-order chi connectivity index (χ1) is 10.5. The van der Waals surface area contributed by atoms with E-state index in [4.69, 9.17) is 16.0 Å². The number of nitrogens with one attached hydrogen (secondary N) is 1. The maximum Gasteiger partial charge on any atom is 0.246 e. The van der Waals surface area contributed by atoms with E-state index < -0.39 is 0 Å². The van der Waals surface area contributed by atoms with Gasteiger partial charge in [0, 0.05) is 41.7 Å². The third-order valence-electron chi connectivity index (χ3n) is 4.14. The summed E-state index contributed by atoms with van der Waals surface area (Å²) >= 11 is 6.38. The first-order valence-corrected chi connectivity index (χ1v) is 7.70. The van der Waals surface area contributed by atoms with Crippen LogP contribution in [-0.2, 0) is 17.8 Å². The number of carbonyl (C=O) groups is 1. The molecule has 0 radical (unpaired) electrons. The Morgan fingerprint density at radius 2 is 2.18 bits per heavy atom. The van der Waals surface area contributed by atoms with E-state index in [-0.39, 0.29) is 5.91 Å². The zero-order chi connectivity index (χ0) is 15.9. The maximum atomic E-state index is 11.7. The molecule has 1 aromatic heterocycles. The van der Waals surface area contributed by atoms with Gasteiger partial charge in [0.25, 0.3) is 0 Å². The number of carbonyl (C=O) groups excluding carboxylic acids is 1. The Bertz CT molecular complexity index is 777. The standard InChI is InChI=1S/C17H19ClN2O2/c1-10(17(21)19-2)8-15-12-9-20(3)7-6-11-13(18)4-5-14(22-15)16(11)12/h4-5,8H,6-7,9H2,1-3H3,(H,19,21)/b10-8+. The molecule has 1 aliphatic heterocycles. The molecule has 1 aliphatic rings. The first-order valence-electron chi connectivity index (χ1n) is 7.33. The number of amides is 1. The van der Waals surface area contributed by atoms with Crippen molar-refractivity contribution in [2.45, 2.75) is 19.9 Å². The van der Waals surface area contributed by atoms with Gasteiger partial charge >= 0.3 is 0 Å². The fourth-order valence-corrected chi connectivity index (χ4v) is 3.20. The van der Waals surface area contributed by atoms with Crippen LogP contribution in [0.4, 0.5) is 0 Å². The third kappa shape index (κ3) is 2.53. The summed E-state index contributed by atoms with van der Waals surface area (Å²) in [6.07, 6.45) is 2.71. The second-order valence-electron chi connectivity index (χ2n) is 5.74. The molecule has 1 amide bonds. The van der Waals surface area contributed by atoms with E-state index in [1.807, 2.05) is 18.2 Å². The number of likely N-dealkylation sites (N-methyl/N-ethyl adjacent to an activating group) is 2. The lowest BCUT2D eigenvalue weighted by Crippen LogP contribution is -2.19. The summed E-state index contributed by atoms with van der Waals surface area (Å²) in [4.78, 5) is 14.0. The summed E-state index contributed by atoms with van der Waals surface area (Å²) in [5, 5.41) is 4.52. The van der Waals surface area contributed by atoms with E-state index in [0.717, 1.165) is 52.4 Å². The van der Waals surface area contributed by atoms with Gasteiger partial charge in [0.15, 0.2) is 0 Å². The molecule has 0 atom stereocenters. The van der Waals surface area contributed by atoms with Crippen molar-refractivity contribution < 1.29 is 9.21 Å². The Balaban J connectivity index is 2.22. The molecular formula is C17H19ClN2O2. The van der Waals surface area contributed by atoms with Crippen molar-refractivity contribution in [2.75, 3.05) is 20.6 Å². The van der Waals surface area contributed by atoms with Gasteiger partial charge in [0.05, 0.1) is 0 Å². The molecule has 0 fully saturated rings. The molecule has 0 spiro atoms. The fraction of sp³-hybridized carbons (Fsp3) is 0.353. The minimum absolute atomic E-state index is 0.104. The van der Waals surface area contributed by atoms with E-state index in [0.29, 0.717) is 5.57 Å². The molecule has 0 aliphatic carbocycles. The monoisotopic (exact) mass is 318 g/mol.